The van der Waals surface area contributed by atoms with Crippen LogP contribution in [-0.4, -0.2) is 48.1 Å². The normalized spacial score (nSPS) is 11.1. The number of aromatic nitrogens is 2. The van der Waals surface area contributed by atoms with Crippen LogP contribution in [0.3, 0.4) is 0 Å². The fourth-order valence-corrected chi connectivity index (χ4v) is 2.52. The average molecular weight is 324 g/mol. The van der Waals surface area contributed by atoms with Gasteiger partial charge in [0.2, 0.25) is 5.82 Å². The minimum Gasteiger partial charge on any atom is -0.348 e. The number of fused-ring (bicyclic) bond motifs is 1. The van der Waals surface area contributed by atoms with Crippen molar-refractivity contribution in [3.05, 3.63) is 48.4 Å². The van der Waals surface area contributed by atoms with Crippen molar-refractivity contribution >= 4 is 16.7 Å². The van der Waals surface area contributed by atoms with Crippen LogP contribution in [0.5, 0.6) is 0 Å². The highest BCUT2D eigenvalue weighted by atomic mass is 16.5. The lowest BCUT2D eigenvalue weighted by Crippen LogP contribution is -2.27. The van der Waals surface area contributed by atoms with Gasteiger partial charge in [-0.2, -0.15) is 4.98 Å². The molecule has 124 valence electrons. The van der Waals surface area contributed by atoms with Crippen molar-refractivity contribution in [3.63, 3.8) is 0 Å². The van der Waals surface area contributed by atoms with Gasteiger partial charge in [0, 0.05) is 12.1 Å². The molecule has 0 spiro atoms. The highest BCUT2D eigenvalue weighted by Gasteiger charge is 2.16. The van der Waals surface area contributed by atoms with Crippen molar-refractivity contribution in [3.8, 4) is 11.4 Å². The standard InChI is InChI=1S/C18H20N4O2/c1-22(2)12-6-11-19-17(23)18-20-16(21-24-18)15-10-5-8-13-7-3-4-9-14(13)15/h3-5,7-10H,6,11-12H2,1-2H3,(H,19,23). The van der Waals surface area contributed by atoms with Gasteiger partial charge in [-0.1, -0.05) is 47.6 Å². The first-order valence-electron chi connectivity index (χ1n) is 7.90. The summed E-state index contributed by atoms with van der Waals surface area (Å²) in [5.74, 6) is 0.0702. The largest absolute Gasteiger partial charge is 0.348 e. The molecule has 24 heavy (non-hydrogen) atoms. The van der Waals surface area contributed by atoms with Crippen LogP contribution in [-0.2, 0) is 0 Å². The lowest BCUT2D eigenvalue weighted by Gasteiger charge is -2.08. The number of benzene rings is 2. The van der Waals surface area contributed by atoms with Crippen LogP contribution in [0.4, 0.5) is 0 Å². The van der Waals surface area contributed by atoms with E-state index in [0.717, 1.165) is 29.3 Å². The molecule has 0 aliphatic heterocycles. The highest BCUT2D eigenvalue weighted by molar-refractivity contribution is 5.95. The van der Waals surface area contributed by atoms with Gasteiger partial charge in [0.15, 0.2) is 0 Å². The summed E-state index contributed by atoms with van der Waals surface area (Å²) in [4.78, 5) is 18.4. The Kier molecular flexibility index (Phi) is 4.86. The van der Waals surface area contributed by atoms with Gasteiger partial charge in [0.25, 0.3) is 0 Å². The second-order valence-electron chi connectivity index (χ2n) is 5.86. The third-order valence-corrected chi connectivity index (χ3v) is 3.72. The maximum absolute atomic E-state index is 12.1. The molecule has 2 aromatic carbocycles. The number of hydrogen-bond acceptors (Lipinski definition) is 5. The van der Waals surface area contributed by atoms with E-state index >= 15 is 0 Å². The van der Waals surface area contributed by atoms with E-state index < -0.39 is 0 Å². The Balaban J connectivity index is 1.74. The van der Waals surface area contributed by atoms with Gasteiger partial charge in [-0.05, 0) is 37.8 Å². The summed E-state index contributed by atoms with van der Waals surface area (Å²) in [6.07, 6.45) is 0.864. The molecule has 3 rings (SSSR count). The zero-order valence-corrected chi connectivity index (χ0v) is 13.8. The molecule has 1 heterocycles. The van der Waals surface area contributed by atoms with E-state index in [0.29, 0.717) is 12.4 Å². The van der Waals surface area contributed by atoms with E-state index in [1.165, 1.54) is 0 Å². The summed E-state index contributed by atoms with van der Waals surface area (Å²) in [5.41, 5.74) is 0.850. The molecular weight excluding hydrogens is 304 g/mol. The Labute approximate surface area is 140 Å². The van der Waals surface area contributed by atoms with Gasteiger partial charge in [-0.3, -0.25) is 4.79 Å². The first kappa shape index (κ1) is 16.1. The quantitative estimate of drug-likeness (QED) is 0.706. The van der Waals surface area contributed by atoms with E-state index in [1.807, 2.05) is 56.6 Å². The molecule has 1 N–H and O–H groups in total. The number of carbonyl (C=O) groups is 1. The smallest absolute Gasteiger partial charge is 0.316 e. The van der Waals surface area contributed by atoms with Gasteiger partial charge in [-0.15, -0.1) is 0 Å². The van der Waals surface area contributed by atoms with Crippen LogP contribution in [0.25, 0.3) is 22.2 Å². The zero-order valence-electron chi connectivity index (χ0n) is 13.8. The predicted octanol–water partition coefficient (Wildman–Crippen LogP) is 2.57. The van der Waals surface area contributed by atoms with Gasteiger partial charge in [0.05, 0.1) is 0 Å². The van der Waals surface area contributed by atoms with Crippen LogP contribution in [0, 0.1) is 0 Å². The Hall–Kier alpha value is -2.73. The first-order chi connectivity index (χ1) is 11.6. The maximum atomic E-state index is 12.1. The molecule has 6 nitrogen and oxygen atoms in total. The van der Waals surface area contributed by atoms with Crippen LogP contribution >= 0.6 is 0 Å². The topological polar surface area (TPSA) is 71.3 Å². The summed E-state index contributed by atoms with van der Waals surface area (Å²) in [5, 5.41) is 8.87. The lowest BCUT2D eigenvalue weighted by molar-refractivity contribution is 0.0908. The highest BCUT2D eigenvalue weighted by Crippen LogP contribution is 2.26. The van der Waals surface area contributed by atoms with Crippen LogP contribution < -0.4 is 5.32 Å². The maximum Gasteiger partial charge on any atom is 0.316 e. The van der Waals surface area contributed by atoms with Gasteiger partial charge in [-0.25, -0.2) is 0 Å². The Bertz CT molecular complexity index is 836. The number of nitrogens with one attached hydrogen (secondary N) is 1. The summed E-state index contributed by atoms with van der Waals surface area (Å²) < 4.78 is 5.12. The number of hydrogen-bond donors (Lipinski definition) is 1. The fraction of sp³-hybridized carbons (Fsp3) is 0.278. The second-order valence-corrected chi connectivity index (χ2v) is 5.86. The minimum absolute atomic E-state index is 0.0113. The van der Waals surface area contributed by atoms with Crippen molar-refractivity contribution in [1.82, 2.24) is 20.4 Å². The minimum atomic E-state index is -0.340. The van der Waals surface area contributed by atoms with E-state index in [-0.39, 0.29) is 11.8 Å². The molecular formula is C18H20N4O2. The Morgan fingerprint density at radius 2 is 1.96 bits per heavy atom. The monoisotopic (exact) mass is 324 g/mol. The van der Waals surface area contributed by atoms with Crippen molar-refractivity contribution in [2.24, 2.45) is 0 Å². The molecule has 0 saturated carbocycles. The summed E-state index contributed by atoms with van der Waals surface area (Å²) in [6.45, 7) is 1.48. The number of rotatable bonds is 6. The van der Waals surface area contributed by atoms with Gasteiger partial charge in [0.1, 0.15) is 0 Å². The molecule has 0 atom stereocenters. The molecule has 0 fully saturated rings. The molecule has 0 bridgehead atoms. The van der Waals surface area contributed by atoms with Crippen molar-refractivity contribution in [2.45, 2.75) is 6.42 Å². The molecule has 1 amide bonds. The molecule has 0 aliphatic rings. The van der Waals surface area contributed by atoms with Crippen molar-refractivity contribution in [2.75, 3.05) is 27.2 Å². The molecule has 3 aromatic rings. The number of amides is 1. The first-order valence-corrected chi connectivity index (χ1v) is 7.90. The SMILES string of the molecule is CN(C)CCCNC(=O)c1nc(-c2cccc3ccccc23)no1. The molecule has 1 aromatic heterocycles. The molecule has 0 saturated heterocycles. The average Bonchev–Trinajstić information content (AvgIpc) is 3.08. The predicted molar refractivity (Wildman–Crippen MR) is 92.7 cm³/mol. The fourth-order valence-electron chi connectivity index (χ4n) is 2.52. The van der Waals surface area contributed by atoms with Crippen LogP contribution in [0.2, 0.25) is 0 Å². The zero-order chi connectivity index (χ0) is 16.9. The molecule has 0 radical (unpaired) electrons. The number of nitrogens with zero attached hydrogens (tertiary/aromatic N) is 3. The summed E-state index contributed by atoms with van der Waals surface area (Å²) in [7, 11) is 3.99. The molecule has 6 heteroatoms. The molecule has 0 unspecified atom stereocenters. The van der Waals surface area contributed by atoms with E-state index in [1.54, 1.807) is 0 Å². The lowest BCUT2D eigenvalue weighted by atomic mass is 10.0. The Morgan fingerprint density at radius 3 is 2.79 bits per heavy atom. The summed E-state index contributed by atoms with van der Waals surface area (Å²) in [6, 6.07) is 13.9. The second kappa shape index (κ2) is 7.23. The Morgan fingerprint density at radius 1 is 1.17 bits per heavy atom. The van der Waals surface area contributed by atoms with Crippen molar-refractivity contribution in [1.29, 1.82) is 0 Å². The third kappa shape index (κ3) is 3.60. The van der Waals surface area contributed by atoms with Gasteiger partial charge < -0.3 is 14.7 Å². The third-order valence-electron chi connectivity index (χ3n) is 3.72. The number of carbonyl (C=O) groups excluding carboxylic acids is 1. The van der Waals surface area contributed by atoms with Crippen molar-refractivity contribution < 1.29 is 9.32 Å². The van der Waals surface area contributed by atoms with E-state index in [4.69, 9.17) is 4.52 Å². The van der Waals surface area contributed by atoms with Crippen LogP contribution in [0.15, 0.2) is 47.0 Å². The van der Waals surface area contributed by atoms with Crippen LogP contribution in [0.1, 0.15) is 17.1 Å². The molecule has 0 aliphatic carbocycles. The summed E-state index contributed by atoms with van der Waals surface area (Å²) >= 11 is 0. The van der Waals surface area contributed by atoms with Gasteiger partial charge >= 0.3 is 11.8 Å². The van der Waals surface area contributed by atoms with E-state index in [2.05, 4.69) is 20.4 Å². The van der Waals surface area contributed by atoms with E-state index in [9.17, 15) is 4.79 Å².